The van der Waals surface area contributed by atoms with Gasteiger partial charge < -0.3 is 5.32 Å². The second kappa shape index (κ2) is 3.88. The van der Waals surface area contributed by atoms with Crippen LogP contribution in [-0.2, 0) is 10.3 Å². The summed E-state index contributed by atoms with van der Waals surface area (Å²) in [5.74, 6) is 0.238. The van der Waals surface area contributed by atoms with Crippen LogP contribution in [0.1, 0.15) is 19.8 Å². The molecule has 0 aromatic heterocycles. The van der Waals surface area contributed by atoms with Gasteiger partial charge in [0.25, 0.3) is 0 Å². The summed E-state index contributed by atoms with van der Waals surface area (Å²) in [5, 5.41) is 3.18. The van der Waals surface area contributed by atoms with E-state index in [0.717, 1.165) is 25.9 Å². The van der Waals surface area contributed by atoms with Gasteiger partial charge in [-0.15, -0.1) is 0 Å². The molecular weight excluding hydrogens is 162 g/mol. The third-order valence-corrected chi connectivity index (χ3v) is 2.99. The zero-order valence-electron chi connectivity index (χ0n) is 6.63. The SMILES string of the molecule is CC(C1CCCNC1)=S(=O)=O. The van der Waals surface area contributed by atoms with Gasteiger partial charge in [-0.2, -0.15) is 8.42 Å². The molecular formula is C7H13NO2S. The highest BCUT2D eigenvalue weighted by Gasteiger charge is 2.16. The predicted octanol–water partition coefficient (Wildman–Crippen LogP) is 0.0574. The van der Waals surface area contributed by atoms with Crippen LogP contribution < -0.4 is 5.32 Å². The third-order valence-electron chi connectivity index (χ3n) is 2.13. The molecule has 0 spiro atoms. The van der Waals surface area contributed by atoms with Gasteiger partial charge in [0.1, 0.15) is 0 Å². The van der Waals surface area contributed by atoms with E-state index < -0.39 is 10.3 Å². The van der Waals surface area contributed by atoms with Crippen LogP contribution in [0.4, 0.5) is 0 Å². The molecule has 3 nitrogen and oxygen atoms in total. The molecule has 0 bridgehead atoms. The van der Waals surface area contributed by atoms with Crippen molar-refractivity contribution >= 4 is 15.2 Å². The Balaban J connectivity index is 2.67. The smallest absolute Gasteiger partial charge is 0.213 e. The molecule has 11 heavy (non-hydrogen) atoms. The van der Waals surface area contributed by atoms with Crippen LogP contribution in [0.5, 0.6) is 0 Å². The Bertz CT molecular complexity index is 242. The summed E-state index contributed by atoms with van der Waals surface area (Å²) in [7, 11) is -1.98. The summed E-state index contributed by atoms with van der Waals surface area (Å²) in [6.07, 6.45) is 2.09. The number of rotatable bonds is 1. The average Bonchev–Trinajstić information content (AvgIpc) is 2.05. The molecule has 0 aromatic carbocycles. The minimum Gasteiger partial charge on any atom is -0.316 e. The molecule has 64 valence electrons. The lowest BCUT2D eigenvalue weighted by Gasteiger charge is -2.20. The van der Waals surface area contributed by atoms with Crippen molar-refractivity contribution in [2.75, 3.05) is 13.1 Å². The lowest BCUT2D eigenvalue weighted by atomic mass is 9.97. The quantitative estimate of drug-likeness (QED) is 0.573. The minimum absolute atomic E-state index is 0.238. The van der Waals surface area contributed by atoms with Crippen LogP contribution >= 0.6 is 0 Å². The second-order valence-electron chi connectivity index (χ2n) is 2.89. The third kappa shape index (κ3) is 2.31. The normalized spacial score (nSPS) is 24.6. The highest BCUT2D eigenvalue weighted by atomic mass is 32.2. The van der Waals surface area contributed by atoms with Gasteiger partial charge in [-0.1, -0.05) is 0 Å². The largest absolute Gasteiger partial charge is 0.316 e. The Morgan fingerprint density at radius 2 is 2.27 bits per heavy atom. The van der Waals surface area contributed by atoms with Crippen LogP contribution in [0, 0.1) is 5.92 Å². The van der Waals surface area contributed by atoms with E-state index in [1.54, 1.807) is 6.92 Å². The fourth-order valence-electron chi connectivity index (χ4n) is 1.33. The van der Waals surface area contributed by atoms with Crippen molar-refractivity contribution in [1.82, 2.24) is 5.32 Å². The van der Waals surface area contributed by atoms with E-state index in [1.807, 2.05) is 0 Å². The van der Waals surface area contributed by atoms with Crippen molar-refractivity contribution in [3.8, 4) is 0 Å². The first-order valence-corrected chi connectivity index (χ1v) is 4.92. The van der Waals surface area contributed by atoms with Gasteiger partial charge in [-0.05, 0) is 26.3 Å². The molecule has 1 atom stereocenters. The Labute approximate surface area is 68.3 Å². The van der Waals surface area contributed by atoms with Crippen molar-refractivity contribution in [3.63, 3.8) is 0 Å². The van der Waals surface area contributed by atoms with Gasteiger partial charge in [0.05, 0.1) is 4.86 Å². The maximum Gasteiger partial charge on any atom is 0.213 e. The van der Waals surface area contributed by atoms with Crippen LogP contribution in [0.2, 0.25) is 0 Å². The summed E-state index contributed by atoms with van der Waals surface area (Å²) >= 11 is 0. The Morgan fingerprint density at radius 3 is 2.73 bits per heavy atom. The maximum absolute atomic E-state index is 10.5. The number of hydrogen-bond donors (Lipinski definition) is 1. The lowest BCUT2D eigenvalue weighted by molar-refractivity contribution is 0.459. The lowest BCUT2D eigenvalue weighted by Crippen LogP contribution is -2.33. The topological polar surface area (TPSA) is 46.2 Å². The first kappa shape index (κ1) is 8.74. The van der Waals surface area contributed by atoms with Crippen molar-refractivity contribution < 1.29 is 8.42 Å². The van der Waals surface area contributed by atoms with E-state index in [1.165, 1.54) is 0 Å². The minimum atomic E-state index is -1.98. The Hall–Kier alpha value is -0.350. The molecule has 1 unspecified atom stereocenters. The molecule has 1 aliphatic heterocycles. The summed E-state index contributed by atoms with van der Waals surface area (Å²) in [6.45, 7) is 3.54. The molecule has 1 fully saturated rings. The van der Waals surface area contributed by atoms with E-state index >= 15 is 0 Å². The number of piperidine rings is 1. The molecule has 1 rings (SSSR count). The highest BCUT2D eigenvalue weighted by Crippen LogP contribution is 2.10. The molecule has 0 saturated carbocycles. The highest BCUT2D eigenvalue weighted by molar-refractivity contribution is 7.72. The molecule has 4 heteroatoms. The number of hydrogen-bond acceptors (Lipinski definition) is 3. The first-order valence-electron chi connectivity index (χ1n) is 3.85. The van der Waals surface area contributed by atoms with E-state index in [4.69, 9.17) is 0 Å². The molecule has 0 amide bonds. The summed E-state index contributed by atoms with van der Waals surface area (Å²) in [6, 6.07) is 0. The van der Waals surface area contributed by atoms with Crippen molar-refractivity contribution in [2.45, 2.75) is 19.8 Å². The molecule has 1 N–H and O–H groups in total. The van der Waals surface area contributed by atoms with Gasteiger partial charge >= 0.3 is 0 Å². The van der Waals surface area contributed by atoms with Crippen molar-refractivity contribution in [3.05, 3.63) is 0 Å². The van der Waals surface area contributed by atoms with Crippen LogP contribution in [0.15, 0.2) is 0 Å². The maximum atomic E-state index is 10.5. The predicted molar refractivity (Wildman–Crippen MR) is 45.2 cm³/mol. The first-order chi connectivity index (χ1) is 5.22. The average molecular weight is 175 g/mol. The molecule has 1 saturated heterocycles. The fraction of sp³-hybridized carbons (Fsp3) is 0.857. The monoisotopic (exact) mass is 175 g/mol. The van der Waals surface area contributed by atoms with Gasteiger partial charge in [0.15, 0.2) is 0 Å². The summed E-state index contributed by atoms with van der Waals surface area (Å²) in [4.78, 5) is 0.595. The fourth-order valence-corrected chi connectivity index (χ4v) is 1.81. The van der Waals surface area contributed by atoms with Gasteiger partial charge in [0, 0.05) is 12.5 Å². The second-order valence-corrected chi connectivity index (χ2v) is 4.00. The Kier molecular flexibility index (Phi) is 3.08. The van der Waals surface area contributed by atoms with E-state index in [0.29, 0.717) is 4.86 Å². The molecule has 1 heterocycles. The summed E-state index contributed by atoms with van der Waals surface area (Å²) in [5.41, 5.74) is 0. The zero-order chi connectivity index (χ0) is 8.27. The van der Waals surface area contributed by atoms with Crippen molar-refractivity contribution in [1.29, 1.82) is 0 Å². The molecule has 0 aromatic rings. The van der Waals surface area contributed by atoms with E-state index in [-0.39, 0.29) is 5.92 Å². The standard InChI is InChI=1S/C7H13NO2S/c1-6(11(9)10)7-3-2-4-8-5-7/h7-8H,2-5H2,1H3. The van der Waals surface area contributed by atoms with Gasteiger partial charge in [-0.25, -0.2) is 0 Å². The van der Waals surface area contributed by atoms with E-state index in [9.17, 15) is 8.42 Å². The zero-order valence-corrected chi connectivity index (χ0v) is 7.45. The van der Waals surface area contributed by atoms with Crippen molar-refractivity contribution in [2.24, 2.45) is 5.92 Å². The van der Waals surface area contributed by atoms with Crippen LogP contribution in [0.25, 0.3) is 0 Å². The molecule has 0 radical (unpaired) electrons. The Morgan fingerprint density at radius 1 is 1.55 bits per heavy atom. The van der Waals surface area contributed by atoms with Gasteiger partial charge in [0.2, 0.25) is 10.3 Å². The molecule has 0 aliphatic carbocycles. The molecule has 1 aliphatic rings. The van der Waals surface area contributed by atoms with Gasteiger partial charge in [-0.3, -0.25) is 0 Å². The van der Waals surface area contributed by atoms with Crippen LogP contribution in [0.3, 0.4) is 0 Å². The number of nitrogens with one attached hydrogen (secondary N) is 1. The van der Waals surface area contributed by atoms with E-state index in [2.05, 4.69) is 5.32 Å². The summed E-state index contributed by atoms with van der Waals surface area (Å²) < 4.78 is 21.1. The van der Waals surface area contributed by atoms with Crippen LogP contribution in [-0.4, -0.2) is 26.4 Å².